The molecule has 0 fully saturated rings. The summed E-state index contributed by atoms with van der Waals surface area (Å²) in [5, 5.41) is 8.67. The molecule has 3 aromatic carbocycles. The van der Waals surface area contributed by atoms with Crippen molar-refractivity contribution in [3.8, 4) is 0 Å². The molecule has 0 bridgehead atoms. The van der Waals surface area contributed by atoms with E-state index in [1.54, 1.807) is 42.5 Å². The van der Waals surface area contributed by atoms with Crippen LogP contribution in [0.5, 0.6) is 0 Å². The Hall–Kier alpha value is -3.51. The number of hydrogen-bond donors (Lipinski definition) is 3. The number of anilines is 2. The van der Waals surface area contributed by atoms with Crippen molar-refractivity contribution in [2.24, 2.45) is 0 Å². The number of thiocarbonyl (C=S) groups is 1. The summed E-state index contributed by atoms with van der Waals surface area (Å²) in [6.07, 6.45) is 0. The molecular weight excluding hydrogens is 382 g/mol. The molecule has 0 atom stereocenters. The van der Waals surface area contributed by atoms with Crippen LogP contribution in [0, 0.1) is 13.8 Å². The minimum atomic E-state index is -0.286. The van der Waals surface area contributed by atoms with Crippen LogP contribution < -0.4 is 16.0 Å². The van der Waals surface area contributed by atoms with Gasteiger partial charge in [0.05, 0.1) is 0 Å². The van der Waals surface area contributed by atoms with Crippen LogP contribution in [0.2, 0.25) is 0 Å². The number of amides is 2. The predicted octanol–water partition coefficient (Wildman–Crippen LogP) is 4.68. The van der Waals surface area contributed by atoms with E-state index in [4.69, 9.17) is 12.2 Å². The first-order valence-electron chi connectivity index (χ1n) is 9.08. The maximum absolute atomic E-state index is 12.5. The second kappa shape index (κ2) is 9.12. The Morgan fingerprint density at radius 1 is 0.759 bits per heavy atom. The minimum absolute atomic E-state index is 0.179. The standard InChI is InChI=1S/C23H21N3O2S/c1-15-10-12-17(13-11-15)21(27)26-23(29)25-19-8-5-7-18(14-19)24-22(28)20-9-4-3-6-16(20)2/h3-14H,1-2H3,(H,24,28)(H2,25,26,27,29). The topological polar surface area (TPSA) is 70.2 Å². The third-order valence-corrected chi connectivity index (χ3v) is 4.51. The van der Waals surface area contributed by atoms with Gasteiger partial charge in [0.15, 0.2) is 5.11 Å². The first-order chi connectivity index (χ1) is 13.9. The van der Waals surface area contributed by atoms with Gasteiger partial charge in [0.2, 0.25) is 0 Å². The van der Waals surface area contributed by atoms with Crippen molar-refractivity contribution < 1.29 is 9.59 Å². The van der Waals surface area contributed by atoms with Crippen LogP contribution in [0.15, 0.2) is 72.8 Å². The Labute approximate surface area is 175 Å². The lowest BCUT2D eigenvalue weighted by molar-refractivity contribution is 0.0976. The highest BCUT2D eigenvalue weighted by atomic mass is 32.1. The Balaban J connectivity index is 1.62. The Morgan fingerprint density at radius 3 is 2.10 bits per heavy atom. The van der Waals surface area contributed by atoms with Gasteiger partial charge in [-0.1, -0.05) is 42.0 Å². The molecule has 0 aliphatic carbocycles. The van der Waals surface area contributed by atoms with Crippen LogP contribution in [0.4, 0.5) is 11.4 Å². The summed E-state index contributed by atoms with van der Waals surface area (Å²) in [7, 11) is 0. The zero-order valence-electron chi connectivity index (χ0n) is 16.2. The zero-order chi connectivity index (χ0) is 20.8. The molecule has 0 spiro atoms. The molecule has 0 aliphatic heterocycles. The van der Waals surface area contributed by atoms with Crippen molar-refractivity contribution in [2.75, 3.05) is 10.6 Å². The Kier molecular flexibility index (Phi) is 6.36. The Morgan fingerprint density at radius 2 is 1.41 bits per heavy atom. The summed E-state index contributed by atoms with van der Waals surface area (Å²) in [5.41, 5.74) is 4.40. The SMILES string of the molecule is Cc1ccc(C(=O)NC(=S)Nc2cccc(NC(=O)c3ccccc3C)c2)cc1. The summed E-state index contributed by atoms with van der Waals surface area (Å²) in [6.45, 7) is 3.85. The Bertz CT molecular complexity index is 1060. The van der Waals surface area contributed by atoms with E-state index in [9.17, 15) is 9.59 Å². The second-order valence-corrected chi connectivity index (χ2v) is 7.03. The quantitative estimate of drug-likeness (QED) is 0.553. The molecule has 3 aromatic rings. The van der Waals surface area contributed by atoms with Crippen molar-refractivity contribution in [3.05, 3.63) is 95.1 Å². The van der Waals surface area contributed by atoms with Gasteiger partial charge in [-0.2, -0.15) is 0 Å². The van der Waals surface area contributed by atoms with Gasteiger partial charge in [-0.3, -0.25) is 14.9 Å². The van der Waals surface area contributed by atoms with E-state index in [1.807, 2.05) is 44.2 Å². The van der Waals surface area contributed by atoms with Crippen LogP contribution in [0.25, 0.3) is 0 Å². The average Bonchev–Trinajstić information content (AvgIpc) is 2.69. The molecule has 0 unspecified atom stereocenters. The molecule has 3 N–H and O–H groups in total. The highest BCUT2D eigenvalue weighted by Gasteiger charge is 2.10. The molecule has 3 rings (SSSR count). The van der Waals surface area contributed by atoms with E-state index < -0.39 is 0 Å². The third kappa shape index (κ3) is 5.49. The van der Waals surface area contributed by atoms with Crippen LogP contribution in [-0.2, 0) is 0 Å². The molecule has 2 amide bonds. The maximum Gasteiger partial charge on any atom is 0.257 e. The van der Waals surface area contributed by atoms with Gasteiger partial charge in [-0.15, -0.1) is 0 Å². The lowest BCUT2D eigenvalue weighted by Gasteiger charge is -2.12. The van der Waals surface area contributed by atoms with Crippen LogP contribution >= 0.6 is 12.2 Å². The molecule has 0 aliphatic rings. The first-order valence-corrected chi connectivity index (χ1v) is 9.49. The van der Waals surface area contributed by atoms with E-state index in [0.29, 0.717) is 22.5 Å². The van der Waals surface area contributed by atoms with E-state index in [-0.39, 0.29) is 16.9 Å². The minimum Gasteiger partial charge on any atom is -0.332 e. The van der Waals surface area contributed by atoms with Gasteiger partial charge in [0, 0.05) is 22.5 Å². The molecular formula is C23H21N3O2S. The molecule has 5 nitrogen and oxygen atoms in total. The van der Waals surface area contributed by atoms with Gasteiger partial charge in [0.25, 0.3) is 11.8 Å². The summed E-state index contributed by atoms with van der Waals surface area (Å²) in [4.78, 5) is 24.7. The van der Waals surface area contributed by atoms with Gasteiger partial charge in [-0.25, -0.2) is 0 Å². The van der Waals surface area contributed by atoms with Gasteiger partial charge < -0.3 is 10.6 Å². The van der Waals surface area contributed by atoms with Crippen molar-refractivity contribution in [2.45, 2.75) is 13.8 Å². The summed E-state index contributed by atoms with van der Waals surface area (Å²) in [6, 6.07) is 21.7. The highest BCUT2D eigenvalue weighted by Crippen LogP contribution is 2.17. The fourth-order valence-electron chi connectivity index (χ4n) is 2.74. The molecule has 0 heterocycles. The number of carbonyl (C=O) groups is 2. The average molecular weight is 404 g/mol. The monoisotopic (exact) mass is 403 g/mol. The third-order valence-electron chi connectivity index (χ3n) is 4.31. The van der Waals surface area contributed by atoms with Crippen molar-refractivity contribution in [1.82, 2.24) is 5.32 Å². The number of rotatable bonds is 4. The highest BCUT2D eigenvalue weighted by molar-refractivity contribution is 7.80. The van der Waals surface area contributed by atoms with E-state index in [0.717, 1.165) is 11.1 Å². The lowest BCUT2D eigenvalue weighted by Crippen LogP contribution is -2.34. The number of aryl methyl sites for hydroxylation is 2. The van der Waals surface area contributed by atoms with Gasteiger partial charge in [0.1, 0.15) is 0 Å². The molecule has 0 radical (unpaired) electrons. The normalized spacial score (nSPS) is 10.1. The second-order valence-electron chi connectivity index (χ2n) is 6.62. The number of carbonyl (C=O) groups excluding carboxylic acids is 2. The van der Waals surface area contributed by atoms with Crippen LogP contribution in [0.3, 0.4) is 0 Å². The summed E-state index contributed by atoms with van der Waals surface area (Å²) >= 11 is 5.23. The summed E-state index contributed by atoms with van der Waals surface area (Å²) in [5.74, 6) is -0.470. The zero-order valence-corrected chi connectivity index (χ0v) is 17.0. The van der Waals surface area contributed by atoms with Crippen molar-refractivity contribution >= 4 is 40.5 Å². The van der Waals surface area contributed by atoms with E-state index in [2.05, 4.69) is 16.0 Å². The smallest absolute Gasteiger partial charge is 0.257 e. The maximum atomic E-state index is 12.5. The van der Waals surface area contributed by atoms with Crippen LogP contribution in [-0.4, -0.2) is 16.9 Å². The first kappa shape index (κ1) is 20.2. The predicted molar refractivity (Wildman–Crippen MR) is 120 cm³/mol. The van der Waals surface area contributed by atoms with Gasteiger partial charge >= 0.3 is 0 Å². The molecule has 29 heavy (non-hydrogen) atoms. The van der Waals surface area contributed by atoms with Gasteiger partial charge in [-0.05, 0) is 68.0 Å². The van der Waals surface area contributed by atoms with Crippen LogP contribution in [0.1, 0.15) is 31.8 Å². The van der Waals surface area contributed by atoms with E-state index >= 15 is 0 Å². The lowest BCUT2D eigenvalue weighted by atomic mass is 10.1. The molecule has 0 saturated carbocycles. The van der Waals surface area contributed by atoms with Crippen molar-refractivity contribution in [3.63, 3.8) is 0 Å². The number of nitrogens with one attached hydrogen (secondary N) is 3. The molecule has 0 aromatic heterocycles. The van der Waals surface area contributed by atoms with Crippen molar-refractivity contribution in [1.29, 1.82) is 0 Å². The number of hydrogen-bond acceptors (Lipinski definition) is 3. The summed E-state index contributed by atoms with van der Waals surface area (Å²) < 4.78 is 0. The molecule has 6 heteroatoms. The fraction of sp³-hybridized carbons (Fsp3) is 0.0870. The number of benzene rings is 3. The fourth-order valence-corrected chi connectivity index (χ4v) is 2.95. The molecule has 0 saturated heterocycles. The molecule has 146 valence electrons. The van der Waals surface area contributed by atoms with E-state index in [1.165, 1.54) is 0 Å². The largest absolute Gasteiger partial charge is 0.332 e.